The van der Waals surface area contributed by atoms with E-state index in [-0.39, 0.29) is 5.41 Å². The van der Waals surface area contributed by atoms with Gasteiger partial charge in [-0.3, -0.25) is 0 Å². The molecule has 4 fully saturated rings. The van der Waals surface area contributed by atoms with Crippen LogP contribution in [0, 0.1) is 23.7 Å². The fourth-order valence-corrected chi connectivity index (χ4v) is 13.0. The van der Waals surface area contributed by atoms with Crippen LogP contribution in [0.15, 0.2) is 194 Å². The van der Waals surface area contributed by atoms with Crippen molar-refractivity contribution < 1.29 is 0 Å². The van der Waals surface area contributed by atoms with Gasteiger partial charge >= 0.3 is 0 Å². The first-order chi connectivity index (χ1) is 29.7. The molecule has 1 spiro atoms. The molecule has 0 aliphatic heterocycles. The molecule has 2 heteroatoms. The lowest BCUT2D eigenvalue weighted by Crippen LogP contribution is -2.55. The van der Waals surface area contributed by atoms with Crippen LogP contribution in [-0.4, -0.2) is 4.57 Å². The first-order valence-electron chi connectivity index (χ1n) is 22.1. The van der Waals surface area contributed by atoms with Gasteiger partial charge in [0.25, 0.3) is 0 Å². The summed E-state index contributed by atoms with van der Waals surface area (Å²) in [5, 5.41) is 2.53. The molecule has 0 unspecified atom stereocenters. The third-order valence-electron chi connectivity index (χ3n) is 15.2. The molecule has 1 aromatic heterocycles. The molecule has 0 radical (unpaired) electrons. The SMILES string of the molecule is c1ccc(-c2ccc(-c3ccc(N(c4ccc5c(c4)-c4ccccc4C54C5CC6CC(C5)CC4C6)c4ccc5c6ccccc6n(-c6ccccc6)c5c4)cc3)cc2)cc1. The van der Waals surface area contributed by atoms with E-state index in [0.29, 0.717) is 0 Å². The van der Waals surface area contributed by atoms with E-state index in [1.807, 2.05) is 0 Å². The molecule has 4 bridgehead atoms. The Morgan fingerprint density at radius 2 is 0.900 bits per heavy atom. The van der Waals surface area contributed by atoms with Gasteiger partial charge in [0.15, 0.2) is 0 Å². The molecule has 5 aliphatic carbocycles. The summed E-state index contributed by atoms with van der Waals surface area (Å²) in [5.41, 5.74) is 18.3. The number of aromatic nitrogens is 1. The maximum Gasteiger partial charge on any atom is 0.0561 e. The molecule has 60 heavy (non-hydrogen) atoms. The molecule has 14 rings (SSSR count). The van der Waals surface area contributed by atoms with Gasteiger partial charge in [-0.2, -0.15) is 0 Å². The number of hydrogen-bond donors (Lipinski definition) is 0. The van der Waals surface area contributed by atoms with E-state index in [0.717, 1.165) is 35.0 Å². The van der Waals surface area contributed by atoms with Gasteiger partial charge in [0.1, 0.15) is 0 Å². The van der Waals surface area contributed by atoms with E-state index in [1.165, 1.54) is 98.7 Å². The number of fused-ring (bicyclic) bond motifs is 6. The summed E-state index contributed by atoms with van der Waals surface area (Å²) in [6, 6.07) is 72.6. The number of anilines is 3. The molecule has 4 saturated carbocycles. The van der Waals surface area contributed by atoms with Crippen LogP contribution in [-0.2, 0) is 5.41 Å². The van der Waals surface area contributed by atoms with Gasteiger partial charge in [0.2, 0.25) is 0 Å². The van der Waals surface area contributed by atoms with E-state index < -0.39 is 0 Å². The van der Waals surface area contributed by atoms with Crippen LogP contribution >= 0.6 is 0 Å². The summed E-state index contributed by atoms with van der Waals surface area (Å²) >= 11 is 0. The summed E-state index contributed by atoms with van der Waals surface area (Å²) in [5.74, 6) is 3.34. The summed E-state index contributed by atoms with van der Waals surface area (Å²) in [6.07, 6.45) is 7.05. The van der Waals surface area contributed by atoms with Crippen LogP contribution in [0.25, 0.3) is 60.9 Å². The maximum atomic E-state index is 2.56. The molecule has 0 atom stereocenters. The van der Waals surface area contributed by atoms with Crippen molar-refractivity contribution in [2.75, 3.05) is 4.90 Å². The van der Waals surface area contributed by atoms with Crippen LogP contribution in [0.5, 0.6) is 0 Å². The van der Waals surface area contributed by atoms with Crippen LogP contribution in [0.2, 0.25) is 0 Å². The van der Waals surface area contributed by atoms with E-state index in [1.54, 1.807) is 11.1 Å². The Labute approximate surface area is 352 Å². The van der Waals surface area contributed by atoms with Gasteiger partial charge in [-0.15, -0.1) is 0 Å². The second-order valence-corrected chi connectivity index (χ2v) is 18.2. The molecule has 1 heterocycles. The molecule has 288 valence electrons. The quantitative estimate of drug-likeness (QED) is 0.163. The van der Waals surface area contributed by atoms with Gasteiger partial charge in [-0.1, -0.05) is 140 Å². The number of hydrogen-bond acceptors (Lipinski definition) is 1. The van der Waals surface area contributed by atoms with Crippen molar-refractivity contribution in [3.8, 4) is 39.1 Å². The summed E-state index contributed by atoms with van der Waals surface area (Å²) in [7, 11) is 0. The van der Waals surface area contributed by atoms with E-state index in [2.05, 4.69) is 204 Å². The van der Waals surface area contributed by atoms with E-state index >= 15 is 0 Å². The molecule has 0 N–H and O–H groups in total. The number of rotatable bonds is 6. The fourth-order valence-electron chi connectivity index (χ4n) is 13.0. The minimum atomic E-state index is 0.149. The van der Waals surface area contributed by atoms with Gasteiger partial charge in [0.05, 0.1) is 11.0 Å². The number of nitrogens with zero attached hydrogens (tertiary/aromatic N) is 2. The monoisotopic (exact) mass is 770 g/mol. The summed E-state index contributed by atoms with van der Waals surface area (Å²) < 4.78 is 2.43. The van der Waals surface area contributed by atoms with Crippen LogP contribution in [0.3, 0.4) is 0 Å². The lowest BCUT2D eigenvalue weighted by Gasteiger charge is -2.61. The minimum Gasteiger partial charge on any atom is -0.310 e. The average molecular weight is 771 g/mol. The normalized spacial score (nSPS) is 22.1. The Morgan fingerprint density at radius 1 is 0.383 bits per heavy atom. The highest BCUT2D eigenvalue weighted by molar-refractivity contribution is 6.10. The molecular formula is C58H46N2. The van der Waals surface area contributed by atoms with Crippen molar-refractivity contribution in [3.63, 3.8) is 0 Å². The second kappa shape index (κ2) is 13.2. The molecule has 2 nitrogen and oxygen atoms in total. The van der Waals surface area contributed by atoms with Gasteiger partial charge in [-0.05, 0) is 155 Å². The number of benzene rings is 8. The second-order valence-electron chi connectivity index (χ2n) is 18.2. The Bertz CT molecular complexity index is 3060. The fraction of sp³-hybridized carbons (Fsp3) is 0.172. The van der Waals surface area contributed by atoms with Crippen molar-refractivity contribution in [2.24, 2.45) is 23.7 Å². The Morgan fingerprint density at radius 3 is 1.62 bits per heavy atom. The van der Waals surface area contributed by atoms with E-state index in [4.69, 9.17) is 0 Å². The molecule has 9 aromatic rings. The Balaban J connectivity index is 0.976. The first kappa shape index (κ1) is 34.2. The molecular weight excluding hydrogens is 725 g/mol. The zero-order valence-electron chi connectivity index (χ0n) is 33.7. The van der Waals surface area contributed by atoms with Gasteiger partial charge in [-0.25, -0.2) is 0 Å². The van der Waals surface area contributed by atoms with Crippen molar-refractivity contribution in [1.29, 1.82) is 0 Å². The highest BCUT2D eigenvalue weighted by Gasteiger charge is 2.61. The van der Waals surface area contributed by atoms with E-state index in [9.17, 15) is 0 Å². The molecule has 5 aliphatic rings. The predicted molar refractivity (Wildman–Crippen MR) is 250 cm³/mol. The lowest BCUT2D eigenvalue weighted by molar-refractivity contribution is -0.0399. The van der Waals surface area contributed by atoms with Crippen molar-refractivity contribution in [1.82, 2.24) is 4.57 Å². The van der Waals surface area contributed by atoms with Crippen molar-refractivity contribution in [3.05, 3.63) is 205 Å². The van der Waals surface area contributed by atoms with Crippen LogP contribution in [0.4, 0.5) is 17.1 Å². The highest BCUT2D eigenvalue weighted by Crippen LogP contribution is 2.69. The third-order valence-corrected chi connectivity index (χ3v) is 15.2. The molecule has 0 amide bonds. The topological polar surface area (TPSA) is 8.17 Å². The Hall–Kier alpha value is -6.64. The zero-order chi connectivity index (χ0) is 39.4. The van der Waals surface area contributed by atoms with Crippen LogP contribution in [0.1, 0.15) is 43.2 Å². The molecule has 0 saturated heterocycles. The predicted octanol–water partition coefficient (Wildman–Crippen LogP) is 15.3. The summed E-state index contributed by atoms with van der Waals surface area (Å²) in [6.45, 7) is 0. The third kappa shape index (κ3) is 5.00. The van der Waals surface area contributed by atoms with Crippen molar-refractivity contribution in [2.45, 2.75) is 37.5 Å². The Kier molecular flexibility index (Phi) is 7.52. The average Bonchev–Trinajstić information content (AvgIpc) is 3.79. The standard InChI is InChI=1S/C58H46N2/c1-3-11-40(12-4-1)41-19-21-42(22-20-41)43-23-25-47(26-24-43)59(49-27-29-52-51-16-8-10-18-56(51)60(57(52)37-49)46-13-5-2-6-14-46)48-28-30-55-53(36-48)50-15-7-9-17-54(50)58(55)44-32-38-31-39(34-44)35-45(58)33-38/h1-30,36-39,44-45H,31-35H2. The van der Waals surface area contributed by atoms with Crippen molar-refractivity contribution >= 4 is 38.9 Å². The highest BCUT2D eigenvalue weighted by atomic mass is 15.1. The van der Waals surface area contributed by atoms with Gasteiger partial charge in [0, 0.05) is 38.9 Å². The largest absolute Gasteiger partial charge is 0.310 e. The lowest BCUT2D eigenvalue weighted by atomic mass is 9.43. The maximum absolute atomic E-state index is 2.56. The number of para-hydroxylation sites is 2. The molecule has 8 aromatic carbocycles. The van der Waals surface area contributed by atoms with Gasteiger partial charge < -0.3 is 9.47 Å². The zero-order valence-corrected chi connectivity index (χ0v) is 33.7. The van der Waals surface area contributed by atoms with Crippen LogP contribution < -0.4 is 4.90 Å². The first-order valence-corrected chi connectivity index (χ1v) is 22.1. The summed E-state index contributed by atoms with van der Waals surface area (Å²) in [4.78, 5) is 2.50. The minimum absolute atomic E-state index is 0.149. The smallest absolute Gasteiger partial charge is 0.0561 e.